The molecule has 1 heterocycles. The van der Waals surface area contributed by atoms with Crippen LogP contribution in [0.4, 0.5) is 0 Å². The fourth-order valence-corrected chi connectivity index (χ4v) is 5.33. The number of rotatable bonds is 5. The summed E-state index contributed by atoms with van der Waals surface area (Å²) in [7, 11) is 1.75. The Morgan fingerprint density at radius 3 is 2.96 bits per heavy atom. The van der Waals surface area contributed by atoms with Crippen molar-refractivity contribution in [2.75, 3.05) is 0 Å². The molecule has 4 nitrogen and oxygen atoms in total. The quantitative estimate of drug-likeness (QED) is 0.827. The van der Waals surface area contributed by atoms with E-state index in [4.69, 9.17) is 11.6 Å². The second kappa shape index (κ2) is 6.41. The molecule has 2 bridgehead atoms. The molecule has 1 amide bonds. The third-order valence-electron chi connectivity index (χ3n) is 6.37. The van der Waals surface area contributed by atoms with Crippen LogP contribution in [-0.4, -0.2) is 15.7 Å². The number of aryl methyl sites for hydroxylation is 2. The summed E-state index contributed by atoms with van der Waals surface area (Å²) < 4.78 is 1.53. The lowest BCUT2D eigenvalue weighted by molar-refractivity contribution is 0.0868. The van der Waals surface area contributed by atoms with Crippen LogP contribution in [0.3, 0.4) is 0 Å². The fourth-order valence-electron chi connectivity index (χ4n) is 5.15. The van der Waals surface area contributed by atoms with Crippen LogP contribution in [0.1, 0.15) is 72.0 Å². The van der Waals surface area contributed by atoms with Crippen LogP contribution in [0.15, 0.2) is 24.4 Å². The molecule has 1 saturated carbocycles. The number of amides is 1. The van der Waals surface area contributed by atoms with E-state index in [1.54, 1.807) is 13.2 Å². The first kappa shape index (κ1) is 17.6. The molecule has 0 spiro atoms. The number of hydrogen-bond acceptors (Lipinski definition) is 2. The summed E-state index contributed by atoms with van der Waals surface area (Å²) in [5, 5.41) is 7.92. The van der Waals surface area contributed by atoms with E-state index in [1.807, 2.05) is 0 Å². The van der Waals surface area contributed by atoms with Crippen LogP contribution in [0, 0.1) is 12.8 Å². The van der Waals surface area contributed by atoms with E-state index in [-0.39, 0.29) is 11.4 Å². The van der Waals surface area contributed by atoms with Gasteiger partial charge in [-0.15, -0.1) is 0 Å². The van der Waals surface area contributed by atoms with Crippen molar-refractivity contribution in [3.05, 3.63) is 51.8 Å². The molecule has 3 unspecified atom stereocenters. The molecule has 2 aromatic rings. The Labute approximate surface area is 159 Å². The first-order chi connectivity index (χ1) is 12.5. The summed E-state index contributed by atoms with van der Waals surface area (Å²) in [5.41, 5.74) is 4.24. The summed E-state index contributed by atoms with van der Waals surface area (Å²) in [6.45, 7) is 4.38. The van der Waals surface area contributed by atoms with Crippen molar-refractivity contribution in [3.63, 3.8) is 0 Å². The van der Waals surface area contributed by atoms with Gasteiger partial charge in [0.1, 0.15) is 5.15 Å². The summed E-state index contributed by atoms with van der Waals surface area (Å²) in [6.07, 6.45) is 7.23. The van der Waals surface area contributed by atoms with Crippen molar-refractivity contribution < 1.29 is 4.79 Å². The molecule has 5 heteroatoms. The van der Waals surface area contributed by atoms with Crippen LogP contribution in [0.25, 0.3) is 0 Å². The Kier molecular flexibility index (Phi) is 4.34. The van der Waals surface area contributed by atoms with Crippen LogP contribution in [0.5, 0.6) is 0 Å². The number of carbonyl (C=O) groups is 1. The molecule has 0 saturated heterocycles. The zero-order valence-electron chi connectivity index (χ0n) is 15.7. The van der Waals surface area contributed by atoms with Gasteiger partial charge in [-0.2, -0.15) is 5.10 Å². The molecule has 138 valence electrons. The van der Waals surface area contributed by atoms with Crippen molar-refractivity contribution in [3.8, 4) is 0 Å². The van der Waals surface area contributed by atoms with Gasteiger partial charge in [0, 0.05) is 7.05 Å². The van der Waals surface area contributed by atoms with Crippen molar-refractivity contribution in [2.24, 2.45) is 13.0 Å². The predicted molar refractivity (Wildman–Crippen MR) is 104 cm³/mol. The maximum atomic E-state index is 13.1. The molecule has 1 aromatic carbocycles. The summed E-state index contributed by atoms with van der Waals surface area (Å²) in [4.78, 5) is 13.1. The number of nitrogens with zero attached hydrogens (tertiary/aromatic N) is 2. The van der Waals surface area contributed by atoms with Crippen molar-refractivity contribution in [1.82, 2.24) is 15.1 Å². The number of aromatic nitrogens is 2. The van der Waals surface area contributed by atoms with Gasteiger partial charge in [-0.1, -0.05) is 55.1 Å². The number of carbonyl (C=O) groups excluding carboxylic acids is 1. The Balaban J connectivity index is 1.73. The molecule has 1 aromatic heterocycles. The van der Waals surface area contributed by atoms with Crippen molar-refractivity contribution >= 4 is 17.5 Å². The van der Waals surface area contributed by atoms with Gasteiger partial charge in [0.15, 0.2) is 0 Å². The van der Waals surface area contributed by atoms with E-state index in [2.05, 4.69) is 42.5 Å². The van der Waals surface area contributed by atoms with Gasteiger partial charge in [-0.25, -0.2) is 0 Å². The van der Waals surface area contributed by atoms with Gasteiger partial charge in [-0.3, -0.25) is 9.48 Å². The largest absolute Gasteiger partial charge is 0.342 e. The zero-order chi connectivity index (χ0) is 18.5. The van der Waals surface area contributed by atoms with Crippen molar-refractivity contribution in [2.45, 2.75) is 57.4 Å². The molecule has 26 heavy (non-hydrogen) atoms. The minimum Gasteiger partial charge on any atom is -0.342 e. The molecule has 4 rings (SSSR count). The SMILES string of the molecule is CCCCC1C2CCC1(NC(=O)c1cnn(C)c1Cl)c1ccc(C)cc12. The first-order valence-corrected chi connectivity index (χ1v) is 9.96. The highest BCUT2D eigenvalue weighted by Crippen LogP contribution is 2.61. The lowest BCUT2D eigenvalue weighted by atomic mass is 9.81. The standard InChI is InChI=1S/C21H26ClN3O/c1-4-5-6-17-14-9-10-21(17,18-8-7-13(2)11-15(14)18)24-20(26)16-12-23-25(3)19(16)22/h7-8,11-12,14,17H,4-6,9-10H2,1-3H3,(H,24,26). The summed E-state index contributed by atoms with van der Waals surface area (Å²) in [6, 6.07) is 6.72. The Bertz CT molecular complexity index is 859. The number of nitrogens with one attached hydrogen (secondary N) is 1. The van der Waals surface area contributed by atoms with Crippen LogP contribution < -0.4 is 5.32 Å². The number of benzene rings is 1. The van der Waals surface area contributed by atoms with Crippen molar-refractivity contribution in [1.29, 1.82) is 0 Å². The number of hydrogen-bond donors (Lipinski definition) is 1. The predicted octanol–water partition coefficient (Wildman–Crippen LogP) is 4.70. The Hall–Kier alpha value is -1.81. The average molecular weight is 372 g/mol. The molecule has 2 aliphatic carbocycles. The maximum Gasteiger partial charge on any atom is 0.256 e. The van der Waals surface area contributed by atoms with E-state index in [0.29, 0.717) is 22.6 Å². The fraction of sp³-hybridized carbons (Fsp3) is 0.524. The van der Waals surface area contributed by atoms with E-state index in [9.17, 15) is 4.79 Å². The minimum absolute atomic E-state index is 0.112. The average Bonchev–Trinajstić information content (AvgIpc) is 3.21. The lowest BCUT2D eigenvalue weighted by Gasteiger charge is -2.34. The van der Waals surface area contributed by atoms with E-state index >= 15 is 0 Å². The first-order valence-electron chi connectivity index (χ1n) is 9.59. The molecule has 0 aliphatic heterocycles. The number of unbranched alkanes of at least 4 members (excludes halogenated alkanes) is 1. The lowest BCUT2D eigenvalue weighted by Crippen LogP contribution is -2.47. The number of fused-ring (bicyclic) bond motifs is 5. The van der Waals surface area contributed by atoms with E-state index in [0.717, 1.165) is 19.3 Å². The molecule has 3 atom stereocenters. The molecule has 1 N–H and O–H groups in total. The van der Waals surface area contributed by atoms with Gasteiger partial charge in [0.25, 0.3) is 5.91 Å². The van der Waals surface area contributed by atoms with Gasteiger partial charge >= 0.3 is 0 Å². The second-order valence-corrected chi connectivity index (χ2v) is 8.24. The molecule has 1 fully saturated rings. The van der Waals surface area contributed by atoms with Crippen LogP contribution in [-0.2, 0) is 12.6 Å². The number of halogens is 1. The minimum atomic E-state index is -0.265. The normalized spacial score (nSPS) is 26.2. The van der Waals surface area contributed by atoms with Crippen LogP contribution >= 0.6 is 11.6 Å². The van der Waals surface area contributed by atoms with Gasteiger partial charge in [-0.05, 0) is 49.1 Å². The second-order valence-electron chi connectivity index (χ2n) is 7.88. The third-order valence-corrected chi connectivity index (χ3v) is 6.82. The topological polar surface area (TPSA) is 46.9 Å². The van der Waals surface area contributed by atoms with Gasteiger partial charge in [0.2, 0.25) is 0 Å². The summed E-state index contributed by atoms with van der Waals surface area (Å²) in [5.74, 6) is 0.915. The van der Waals surface area contributed by atoms with Crippen LogP contribution in [0.2, 0.25) is 5.15 Å². The zero-order valence-corrected chi connectivity index (χ0v) is 16.4. The highest BCUT2D eigenvalue weighted by molar-refractivity contribution is 6.32. The molecule has 2 aliphatic rings. The highest BCUT2D eigenvalue weighted by atomic mass is 35.5. The smallest absolute Gasteiger partial charge is 0.256 e. The van der Waals surface area contributed by atoms with Gasteiger partial charge in [0.05, 0.1) is 17.3 Å². The molecular weight excluding hydrogens is 346 g/mol. The Morgan fingerprint density at radius 1 is 1.46 bits per heavy atom. The maximum absolute atomic E-state index is 13.1. The van der Waals surface area contributed by atoms with E-state index in [1.165, 1.54) is 34.2 Å². The molecular formula is C21H26ClN3O. The van der Waals surface area contributed by atoms with E-state index < -0.39 is 0 Å². The Morgan fingerprint density at radius 2 is 2.27 bits per heavy atom. The highest BCUT2D eigenvalue weighted by Gasteiger charge is 2.57. The van der Waals surface area contributed by atoms with Gasteiger partial charge < -0.3 is 5.32 Å². The molecule has 0 radical (unpaired) electrons. The third kappa shape index (κ3) is 2.50. The monoisotopic (exact) mass is 371 g/mol. The summed E-state index contributed by atoms with van der Waals surface area (Å²) >= 11 is 6.27.